The number of aromatic amines is 1. The molecule has 0 radical (unpaired) electrons. The number of carbonyl (C=O) groups excluding carboxylic acids is 1. The second kappa shape index (κ2) is 7.23. The molecule has 1 aromatic heterocycles. The number of aromatic nitrogens is 2. The lowest BCUT2D eigenvalue weighted by Crippen LogP contribution is -2.35. The van der Waals surface area contributed by atoms with Crippen molar-refractivity contribution in [2.24, 2.45) is 0 Å². The Hall–Kier alpha value is -2.14. The fraction of sp³-hybridized carbons (Fsp3) is 0.200. The molecule has 0 unspecified atom stereocenters. The largest absolute Gasteiger partial charge is 0.340 e. The molecule has 0 bridgehead atoms. The maximum atomic E-state index is 12.5. The van der Waals surface area contributed by atoms with Gasteiger partial charge in [0.15, 0.2) is 5.78 Å². The molecular weight excluding hydrogens is 369 g/mol. The number of H-pyrrole nitrogens is 1. The maximum absolute atomic E-state index is 12.5. The zero-order valence-electron chi connectivity index (χ0n) is 14.0. The molecule has 0 aliphatic carbocycles. The van der Waals surface area contributed by atoms with Crippen molar-refractivity contribution in [3.63, 3.8) is 0 Å². The number of benzene rings is 2. The Morgan fingerprint density at radius 2 is 2.00 bits per heavy atom. The summed E-state index contributed by atoms with van der Waals surface area (Å²) in [5.74, 6) is 0.852. The smallest absolute Gasteiger partial charge is 0.176 e. The molecule has 1 aliphatic rings. The van der Waals surface area contributed by atoms with Crippen LogP contribution in [0.3, 0.4) is 0 Å². The molecule has 0 saturated carbocycles. The van der Waals surface area contributed by atoms with E-state index in [2.05, 4.69) is 9.88 Å². The summed E-state index contributed by atoms with van der Waals surface area (Å²) < 4.78 is 0. The number of rotatable bonds is 4. The quantitative estimate of drug-likeness (QED) is 0.666. The molecular formula is C20H17Cl2N3O. The fourth-order valence-electron chi connectivity index (χ4n) is 3.22. The van der Waals surface area contributed by atoms with Gasteiger partial charge in [0.25, 0.3) is 0 Å². The molecule has 2 heterocycles. The molecule has 0 spiro atoms. The van der Waals surface area contributed by atoms with Gasteiger partial charge in [-0.1, -0.05) is 47.5 Å². The molecule has 1 N–H and O–H groups in total. The number of halogens is 2. The highest BCUT2D eigenvalue weighted by Crippen LogP contribution is 2.28. The van der Waals surface area contributed by atoms with Gasteiger partial charge >= 0.3 is 0 Å². The average molecular weight is 386 g/mol. The topological polar surface area (TPSA) is 49.0 Å². The average Bonchev–Trinajstić information content (AvgIpc) is 3.05. The van der Waals surface area contributed by atoms with E-state index in [4.69, 9.17) is 28.2 Å². The van der Waals surface area contributed by atoms with Gasteiger partial charge in [-0.05, 0) is 24.3 Å². The van der Waals surface area contributed by atoms with Crippen LogP contribution >= 0.6 is 23.2 Å². The van der Waals surface area contributed by atoms with Crippen LogP contribution in [0.25, 0.3) is 11.4 Å². The van der Waals surface area contributed by atoms with Crippen molar-refractivity contribution in [1.82, 2.24) is 14.9 Å². The molecule has 0 saturated heterocycles. The van der Waals surface area contributed by atoms with E-state index in [-0.39, 0.29) is 5.78 Å². The number of nitrogens with zero attached hydrogens (tertiary/aromatic N) is 2. The number of hydrogen-bond donors (Lipinski definition) is 1. The molecule has 1 aliphatic heterocycles. The summed E-state index contributed by atoms with van der Waals surface area (Å²) in [6.45, 7) is 1.82. The van der Waals surface area contributed by atoms with Crippen molar-refractivity contribution in [1.29, 1.82) is 0 Å². The van der Waals surface area contributed by atoms with Crippen LogP contribution in [0.2, 0.25) is 10.0 Å². The van der Waals surface area contributed by atoms with Gasteiger partial charge in [0.1, 0.15) is 5.82 Å². The van der Waals surface area contributed by atoms with Gasteiger partial charge in [-0.15, -0.1) is 0 Å². The summed E-state index contributed by atoms with van der Waals surface area (Å²) in [5.41, 5.74) is 3.63. The maximum Gasteiger partial charge on any atom is 0.176 e. The Morgan fingerprint density at radius 1 is 1.15 bits per heavy atom. The van der Waals surface area contributed by atoms with Gasteiger partial charge in [0.2, 0.25) is 0 Å². The molecule has 132 valence electrons. The minimum absolute atomic E-state index is 0.0711. The number of hydrogen-bond acceptors (Lipinski definition) is 3. The Labute approximate surface area is 161 Å². The van der Waals surface area contributed by atoms with Gasteiger partial charge in [-0.25, -0.2) is 4.98 Å². The van der Waals surface area contributed by atoms with E-state index in [9.17, 15) is 4.79 Å². The summed E-state index contributed by atoms with van der Waals surface area (Å²) in [4.78, 5) is 22.7. The third-order valence-corrected chi connectivity index (χ3v) is 5.12. The van der Waals surface area contributed by atoms with E-state index >= 15 is 0 Å². The number of carbonyl (C=O) groups is 1. The molecule has 4 rings (SSSR count). The predicted octanol–water partition coefficient (Wildman–Crippen LogP) is 4.62. The molecule has 0 amide bonds. The van der Waals surface area contributed by atoms with Crippen LogP contribution in [-0.4, -0.2) is 33.7 Å². The van der Waals surface area contributed by atoms with Gasteiger partial charge in [-0.2, -0.15) is 0 Å². The minimum atomic E-state index is 0.0711. The molecule has 0 fully saturated rings. The van der Waals surface area contributed by atoms with E-state index in [0.29, 0.717) is 28.7 Å². The first-order chi connectivity index (χ1) is 12.6. The standard InChI is InChI=1S/C20H17Cl2N3O/c21-14-5-3-4-13(10-14)19(26)12-25-9-8-17-18(11-25)24-20(23-17)15-6-1-2-7-16(15)22/h1-7,10H,8-9,11-12H2,(H,23,24). The minimum Gasteiger partial charge on any atom is -0.340 e. The van der Waals surface area contributed by atoms with Crippen LogP contribution in [0.15, 0.2) is 48.5 Å². The number of ketones is 1. The van der Waals surface area contributed by atoms with Crippen molar-refractivity contribution in [2.75, 3.05) is 13.1 Å². The second-order valence-corrected chi connectivity index (χ2v) is 7.23. The van der Waals surface area contributed by atoms with Gasteiger partial charge in [0, 0.05) is 35.7 Å². The SMILES string of the molecule is O=C(CN1CCc2nc(-c3ccccc3Cl)[nH]c2C1)c1cccc(Cl)c1. The molecule has 2 aromatic carbocycles. The fourth-order valence-corrected chi connectivity index (χ4v) is 3.64. The van der Waals surface area contributed by atoms with E-state index in [0.717, 1.165) is 35.7 Å². The van der Waals surface area contributed by atoms with E-state index in [1.54, 1.807) is 24.3 Å². The number of imidazole rings is 1. The molecule has 26 heavy (non-hydrogen) atoms. The van der Waals surface area contributed by atoms with Crippen molar-refractivity contribution < 1.29 is 4.79 Å². The normalized spacial score (nSPS) is 14.2. The van der Waals surface area contributed by atoms with Crippen molar-refractivity contribution in [3.8, 4) is 11.4 Å². The van der Waals surface area contributed by atoms with Crippen LogP contribution in [0.1, 0.15) is 21.7 Å². The molecule has 0 atom stereocenters. The number of nitrogens with one attached hydrogen (secondary N) is 1. The Morgan fingerprint density at radius 3 is 2.81 bits per heavy atom. The first-order valence-electron chi connectivity index (χ1n) is 8.44. The predicted molar refractivity (Wildman–Crippen MR) is 104 cm³/mol. The third kappa shape index (κ3) is 3.54. The van der Waals surface area contributed by atoms with Gasteiger partial charge in [-0.3, -0.25) is 9.69 Å². The van der Waals surface area contributed by atoms with Crippen LogP contribution < -0.4 is 0 Å². The number of fused-ring (bicyclic) bond motifs is 1. The Bertz CT molecular complexity index is 967. The summed E-state index contributed by atoms with van der Waals surface area (Å²) >= 11 is 12.3. The van der Waals surface area contributed by atoms with Gasteiger partial charge in [0.05, 0.1) is 23.0 Å². The zero-order valence-corrected chi connectivity index (χ0v) is 15.5. The van der Waals surface area contributed by atoms with E-state index in [1.165, 1.54) is 0 Å². The molecule has 4 nitrogen and oxygen atoms in total. The second-order valence-electron chi connectivity index (χ2n) is 6.38. The van der Waals surface area contributed by atoms with Crippen molar-refractivity contribution in [2.45, 2.75) is 13.0 Å². The summed E-state index contributed by atoms with van der Waals surface area (Å²) in [6, 6.07) is 14.7. The molecule has 3 aromatic rings. The van der Waals surface area contributed by atoms with Crippen molar-refractivity contribution in [3.05, 3.63) is 75.5 Å². The van der Waals surface area contributed by atoms with Crippen LogP contribution in [0, 0.1) is 0 Å². The monoisotopic (exact) mass is 385 g/mol. The highest BCUT2D eigenvalue weighted by Gasteiger charge is 2.23. The van der Waals surface area contributed by atoms with E-state index < -0.39 is 0 Å². The summed E-state index contributed by atoms with van der Waals surface area (Å²) in [7, 11) is 0. The van der Waals surface area contributed by atoms with Crippen LogP contribution in [-0.2, 0) is 13.0 Å². The Kier molecular flexibility index (Phi) is 4.81. The third-order valence-electron chi connectivity index (χ3n) is 4.55. The first kappa shape index (κ1) is 17.3. The molecule has 6 heteroatoms. The summed E-state index contributed by atoms with van der Waals surface area (Å²) in [6.07, 6.45) is 0.805. The van der Waals surface area contributed by atoms with E-state index in [1.807, 2.05) is 24.3 Å². The van der Waals surface area contributed by atoms with Gasteiger partial charge < -0.3 is 4.98 Å². The zero-order chi connectivity index (χ0) is 18.1. The highest BCUT2D eigenvalue weighted by atomic mass is 35.5. The van der Waals surface area contributed by atoms with Crippen LogP contribution in [0.4, 0.5) is 0 Å². The lowest BCUT2D eigenvalue weighted by molar-refractivity contribution is 0.0920. The lowest BCUT2D eigenvalue weighted by Gasteiger charge is -2.25. The number of Topliss-reactive ketones (excluding diaryl/α,β-unsaturated/α-hetero) is 1. The summed E-state index contributed by atoms with van der Waals surface area (Å²) in [5, 5.41) is 1.25. The highest BCUT2D eigenvalue weighted by molar-refractivity contribution is 6.33. The van der Waals surface area contributed by atoms with Crippen LogP contribution in [0.5, 0.6) is 0 Å². The lowest BCUT2D eigenvalue weighted by atomic mass is 10.1. The van der Waals surface area contributed by atoms with Crippen molar-refractivity contribution >= 4 is 29.0 Å². The Balaban J connectivity index is 1.50. The first-order valence-corrected chi connectivity index (χ1v) is 9.19.